The Morgan fingerprint density at radius 2 is 2.22 bits per heavy atom. The Hall–Kier alpha value is -2.19. The molecule has 0 saturated carbocycles. The number of ether oxygens (including phenoxy) is 1. The highest BCUT2D eigenvalue weighted by Gasteiger charge is 2.11. The molecular formula is C14H10ClF2N3O2S. The topological polar surface area (TPSA) is 60.2 Å². The van der Waals surface area contributed by atoms with Crippen molar-refractivity contribution in [2.45, 2.75) is 13.2 Å². The number of alkyl halides is 2. The average molecular weight is 358 g/mol. The molecule has 0 amide bonds. The number of halogens is 3. The molecule has 5 nitrogen and oxygen atoms in total. The van der Waals surface area contributed by atoms with E-state index >= 15 is 0 Å². The largest absolute Gasteiger partial charge is 0.433 e. The van der Waals surface area contributed by atoms with Crippen molar-refractivity contribution in [1.29, 1.82) is 0 Å². The van der Waals surface area contributed by atoms with E-state index in [0.717, 1.165) is 5.56 Å². The van der Waals surface area contributed by atoms with Crippen molar-refractivity contribution in [3.8, 4) is 17.1 Å². The Kier molecular flexibility index (Phi) is 4.73. The molecule has 0 aliphatic carbocycles. The minimum absolute atomic E-state index is 0.0789. The van der Waals surface area contributed by atoms with Crippen molar-refractivity contribution in [2.75, 3.05) is 5.32 Å². The summed E-state index contributed by atoms with van der Waals surface area (Å²) in [5, 5.41) is 10.8. The van der Waals surface area contributed by atoms with E-state index in [1.165, 1.54) is 12.1 Å². The van der Waals surface area contributed by atoms with Crippen LogP contribution in [0.1, 0.15) is 5.89 Å². The summed E-state index contributed by atoms with van der Waals surface area (Å²) in [4.78, 5) is 4.26. The Morgan fingerprint density at radius 1 is 1.35 bits per heavy atom. The summed E-state index contributed by atoms with van der Waals surface area (Å²) in [6.45, 7) is -2.64. The van der Waals surface area contributed by atoms with E-state index in [9.17, 15) is 8.78 Å². The summed E-state index contributed by atoms with van der Waals surface area (Å²) >= 11 is 7.42. The maximum atomic E-state index is 12.2. The minimum Gasteiger partial charge on any atom is -0.433 e. The average Bonchev–Trinajstić information content (AvgIpc) is 3.18. The Bertz CT molecular complexity index is 780. The van der Waals surface area contributed by atoms with Gasteiger partial charge in [0.25, 0.3) is 0 Å². The molecule has 0 saturated heterocycles. The third kappa shape index (κ3) is 3.96. The molecule has 0 spiro atoms. The highest BCUT2D eigenvalue weighted by atomic mass is 35.5. The standard InChI is InChI=1S/C14H10ClF2N3O2S/c15-10-5-9(1-2-11(10)21-14(16)17)18-6-12-19-13(20-22-12)8-3-4-23-7-8/h1-5,7,14,18H,6H2. The number of aromatic nitrogens is 2. The van der Waals surface area contributed by atoms with Crippen LogP contribution in [0.5, 0.6) is 5.75 Å². The smallest absolute Gasteiger partial charge is 0.387 e. The number of hydrogen-bond donors (Lipinski definition) is 1. The van der Waals surface area contributed by atoms with Gasteiger partial charge in [-0.05, 0) is 29.6 Å². The Balaban J connectivity index is 1.63. The van der Waals surface area contributed by atoms with Crippen molar-refractivity contribution in [3.63, 3.8) is 0 Å². The molecule has 9 heteroatoms. The van der Waals surface area contributed by atoms with Crippen LogP contribution in [0.25, 0.3) is 11.4 Å². The van der Waals surface area contributed by atoms with Crippen molar-refractivity contribution in [1.82, 2.24) is 10.1 Å². The first kappa shape index (κ1) is 15.7. The molecule has 0 fully saturated rings. The lowest BCUT2D eigenvalue weighted by atomic mass is 10.3. The normalized spacial score (nSPS) is 11.0. The Labute approximate surface area is 138 Å². The van der Waals surface area contributed by atoms with Crippen LogP contribution in [0.2, 0.25) is 5.02 Å². The van der Waals surface area contributed by atoms with Crippen molar-refractivity contribution in [3.05, 3.63) is 45.9 Å². The summed E-state index contributed by atoms with van der Waals surface area (Å²) in [5.41, 5.74) is 1.51. The molecule has 0 aliphatic heterocycles. The molecule has 0 bridgehead atoms. The molecule has 0 unspecified atom stereocenters. The molecule has 1 N–H and O–H groups in total. The van der Waals surface area contributed by atoms with Crippen LogP contribution >= 0.6 is 22.9 Å². The van der Waals surface area contributed by atoms with Crippen molar-refractivity contribution >= 4 is 28.6 Å². The van der Waals surface area contributed by atoms with E-state index in [1.54, 1.807) is 17.4 Å². The number of nitrogens with one attached hydrogen (secondary N) is 1. The van der Waals surface area contributed by atoms with Gasteiger partial charge < -0.3 is 14.6 Å². The maximum absolute atomic E-state index is 12.2. The number of nitrogens with zero attached hydrogens (tertiary/aromatic N) is 2. The first-order valence-corrected chi connectivity index (χ1v) is 7.77. The van der Waals surface area contributed by atoms with E-state index in [2.05, 4.69) is 20.2 Å². The van der Waals surface area contributed by atoms with Crippen LogP contribution < -0.4 is 10.1 Å². The predicted octanol–water partition coefficient (Wildman–Crippen LogP) is 4.67. The van der Waals surface area contributed by atoms with Gasteiger partial charge in [-0.1, -0.05) is 16.8 Å². The quantitative estimate of drug-likeness (QED) is 0.695. The summed E-state index contributed by atoms with van der Waals surface area (Å²) in [5.74, 6) is 0.835. The van der Waals surface area contributed by atoms with E-state index in [0.29, 0.717) is 17.4 Å². The van der Waals surface area contributed by atoms with Crippen molar-refractivity contribution < 1.29 is 18.0 Å². The number of rotatable bonds is 6. The number of anilines is 1. The zero-order valence-electron chi connectivity index (χ0n) is 11.5. The van der Waals surface area contributed by atoms with E-state index in [-0.39, 0.29) is 17.3 Å². The van der Waals surface area contributed by atoms with Crippen LogP contribution in [0.4, 0.5) is 14.5 Å². The van der Waals surface area contributed by atoms with Crippen LogP contribution in [0.15, 0.2) is 39.5 Å². The van der Waals surface area contributed by atoms with Gasteiger partial charge >= 0.3 is 6.61 Å². The van der Waals surface area contributed by atoms with Gasteiger partial charge in [-0.3, -0.25) is 0 Å². The molecule has 1 aromatic carbocycles. The first-order valence-electron chi connectivity index (χ1n) is 6.45. The van der Waals surface area contributed by atoms with Crippen LogP contribution in [0, 0.1) is 0 Å². The van der Waals surface area contributed by atoms with Gasteiger partial charge in [-0.2, -0.15) is 25.1 Å². The summed E-state index contributed by atoms with van der Waals surface area (Å²) in [7, 11) is 0. The summed E-state index contributed by atoms with van der Waals surface area (Å²) in [6.07, 6.45) is 0. The predicted molar refractivity (Wildman–Crippen MR) is 83.0 cm³/mol. The molecule has 3 rings (SSSR count). The lowest BCUT2D eigenvalue weighted by molar-refractivity contribution is -0.0497. The SMILES string of the molecule is FC(F)Oc1ccc(NCc2nc(-c3ccsc3)no2)cc1Cl. The van der Waals surface area contributed by atoms with E-state index in [4.69, 9.17) is 16.1 Å². The van der Waals surface area contributed by atoms with Gasteiger partial charge in [0.1, 0.15) is 5.75 Å². The fraction of sp³-hybridized carbons (Fsp3) is 0.143. The molecule has 2 aromatic heterocycles. The first-order chi connectivity index (χ1) is 11.1. The number of thiophene rings is 1. The van der Waals surface area contributed by atoms with Gasteiger partial charge in [0.15, 0.2) is 0 Å². The van der Waals surface area contributed by atoms with E-state index in [1.807, 2.05) is 16.8 Å². The summed E-state index contributed by atoms with van der Waals surface area (Å²) in [6, 6.07) is 6.31. The molecule has 120 valence electrons. The molecule has 0 radical (unpaired) electrons. The lowest BCUT2D eigenvalue weighted by Crippen LogP contribution is -2.03. The van der Waals surface area contributed by atoms with E-state index < -0.39 is 6.61 Å². The number of benzene rings is 1. The zero-order chi connectivity index (χ0) is 16.2. The third-order valence-corrected chi connectivity index (χ3v) is 3.82. The van der Waals surface area contributed by atoms with Gasteiger partial charge in [-0.15, -0.1) is 0 Å². The second kappa shape index (κ2) is 6.93. The lowest BCUT2D eigenvalue weighted by Gasteiger charge is -2.09. The van der Waals surface area contributed by atoms with Crippen LogP contribution in [-0.4, -0.2) is 16.8 Å². The molecule has 23 heavy (non-hydrogen) atoms. The van der Waals surface area contributed by atoms with Crippen LogP contribution in [-0.2, 0) is 6.54 Å². The summed E-state index contributed by atoms with van der Waals surface area (Å²) < 4.78 is 33.7. The fourth-order valence-corrected chi connectivity index (χ4v) is 2.68. The maximum Gasteiger partial charge on any atom is 0.387 e. The van der Waals surface area contributed by atoms with Crippen LogP contribution in [0.3, 0.4) is 0 Å². The second-order valence-electron chi connectivity index (χ2n) is 4.40. The van der Waals surface area contributed by atoms with Gasteiger partial charge in [0.2, 0.25) is 11.7 Å². The highest BCUT2D eigenvalue weighted by Crippen LogP contribution is 2.29. The monoisotopic (exact) mass is 357 g/mol. The fourth-order valence-electron chi connectivity index (χ4n) is 1.82. The zero-order valence-corrected chi connectivity index (χ0v) is 13.1. The number of hydrogen-bond acceptors (Lipinski definition) is 6. The Morgan fingerprint density at radius 3 is 2.91 bits per heavy atom. The molecule has 3 aromatic rings. The highest BCUT2D eigenvalue weighted by molar-refractivity contribution is 7.08. The minimum atomic E-state index is -2.92. The second-order valence-corrected chi connectivity index (χ2v) is 5.59. The molecule has 2 heterocycles. The van der Waals surface area contributed by atoms with Gasteiger partial charge in [-0.25, -0.2) is 0 Å². The molecule has 0 atom stereocenters. The van der Waals surface area contributed by atoms with Gasteiger partial charge in [0, 0.05) is 16.6 Å². The molecular weight excluding hydrogens is 348 g/mol. The van der Waals surface area contributed by atoms with Gasteiger partial charge in [0.05, 0.1) is 11.6 Å². The van der Waals surface area contributed by atoms with Crippen molar-refractivity contribution in [2.24, 2.45) is 0 Å². The third-order valence-electron chi connectivity index (χ3n) is 2.84. The molecule has 0 aliphatic rings.